The van der Waals surface area contributed by atoms with Gasteiger partial charge in [0.15, 0.2) is 0 Å². The van der Waals surface area contributed by atoms with Gasteiger partial charge < -0.3 is 15.1 Å². The van der Waals surface area contributed by atoms with Crippen molar-refractivity contribution in [2.24, 2.45) is 5.92 Å². The Bertz CT molecular complexity index is 251. The number of hydrogen-bond acceptors (Lipinski definition) is 2. The first kappa shape index (κ1) is 12.7. The molecule has 2 heterocycles. The van der Waals surface area contributed by atoms with E-state index in [9.17, 15) is 4.79 Å². The molecule has 0 radical (unpaired) electrons. The number of carbonyl (C=O) groups excluding carboxylic acids is 1. The van der Waals surface area contributed by atoms with Gasteiger partial charge >= 0.3 is 6.03 Å². The minimum atomic E-state index is 0.152. The van der Waals surface area contributed by atoms with Crippen LogP contribution in [0, 0.1) is 5.92 Å². The van der Waals surface area contributed by atoms with Gasteiger partial charge in [-0.2, -0.15) is 0 Å². The van der Waals surface area contributed by atoms with Crippen LogP contribution in [0.25, 0.3) is 0 Å². The maximum atomic E-state index is 11.9. The standard InChI is InChI=1S/C13H25N3O/c1-2-15-9-6-12(11-15)10-14-13(17)16-7-4-3-5-8-16/h12H,2-11H2,1H3,(H,14,17). The molecule has 4 nitrogen and oxygen atoms in total. The van der Waals surface area contributed by atoms with Crippen molar-refractivity contribution in [2.45, 2.75) is 32.6 Å². The van der Waals surface area contributed by atoms with Gasteiger partial charge in [-0.3, -0.25) is 0 Å². The van der Waals surface area contributed by atoms with Crippen molar-refractivity contribution >= 4 is 6.03 Å². The Balaban J connectivity index is 1.65. The van der Waals surface area contributed by atoms with Crippen molar-refractivity contribution in [2.75, 3.05) is 39.3 Å². The second kappa shape index (κ2) is 6.24. The molecule has 1 unspecified atom stereocenters. The fourth-order valence-electron chi connectivity index (χ4n) is 2.81. The highest BCUT2D eigenvalue weighted by Crippen LogP contribution is 2.15. The third-order valence-electron chi connectivity index (χ3n) is 4.00. The molecule has 4 heteroatoms. The van der Waals surface area contributed by atoms with Crippen molar-refractivity contribution in [1.29, 1.82) is 0 Å². The van der Waals surface area contributed by atoms with Crippen LogP contribution in [0.5, 0.6) is 0 Å². The van der Waals surface area contributed by atoms with E-state index in [0.717, 1.165) is 32.7 Å². The number of urea groups is 1. The predicted molar refractivity (Wildman–Crippen MR) is 69.0 cm³/mol. The van der Waals surface area contributed by atoms with E-state index in [1.807, 2.05) is 4.90 Å². The highest BCUT2D eigenvalue weighted by molar-refractivity contribution is 5.74. The summed E-state index contributed by atoms with van der Waals surface area (Å²) in [6.45, 7) is 8.42. The molecule has 0 aliphatic carbocycles. The molecule has 0 aromatic rings. The molecular weight excluding hydrogens is 214 g/mol. The lowest BCUT2D eigenvalue weighted by Crippen LogP contribution is -2.44. The number of rotatable bonds is 3. The van der Waals surface area contributed by atoms with E-state index in [0.29, 0.717) is 5.92 Å². The normalized spacial score (nSPS) is 26.2. The largest absolute Gasteiger partial charge is 0.338 e. The van der Waals surface area contributed by atoms with E-state index < -0.39 is 0 Å². The van der Waals surface area contributed by atoms with Crippen LogP contribution in [0.3, 0.4) is 0 Å². The quantitative estimate of drug-likeness (QED) is 0.810. The summed E-state index contributed by atoms with van der Waals surface area (Å²) in [5.41, 5.74) is 0. The first-order chi connectivity index (χ1) is 8.29. The average molecular weight is 239 g/mol. The molecule has 1 atom stereocenters. The Hall–Kier alpha value is -0.770. The molecule has 0 spiro atoms. The first-order valence-electron chi connectivity index (χ1n) is 7.04. The van der Waals surface area contributed by atoms with Gasteiger partial charge in [0.05, 0.1) is 0 Å². The molecule has 0 saturated carbocycles. The van der Waals surface area contributed by atoms with Gasteiger partial charge in [-0.15, -0.1) is 0 Å². The van der Waals surface area contributed by atoms with Gasteiger partial charge in [-0.25, -0.2) is 4.79 Å². The van der Waals surface area contributed by atoms with Crippen LogP contribution in [-0.4, -0.2) is 55.1 Å². The minimum absolute atomic E-state index is 0.152. The molecule has 1 N–H and O–H groups in total. The molecule has 2 saturated heterocycles. The van der Waals surface area contributed by atoms with Crippen LogP contribution in [-0.2, 0) is 0 Å². The van der Waals surface area contributed by atoms with Crippen LogP contribution >= 0.6 is 0 Å². The topological polar surface area (TPSA) is 35.6 Å². The van der Waals surface area contributed by atoms with Crippen LogP contribution in [0.4, 0.5) is 4.79 Å². The number of likely N-dealkylation sites (tertiary alicyclic amines) is 2. The summed E-state index contributed by atoms with van der Waals surface area (Å²) in [4.78, 5) is 16.3. The van der Waals surface area contributed by atoms with E-state index >= 15 is 0 Å². The molecule has 0 aromatic heterocycles. The number of nitrogens with zero attached hydrogens (tertiary/aromatic N) is 2. The van der Waals surface area contributed by atoms with Gasteiger partial charge in [0.25, 0.3) is 0 Å². The third-order valence-corrected chi connectivity index (χ3v) is 4.00. The summed E-state index contributed by atoms with van der Waals surface area (Å²) < 4.78 is 0. The van der Waals surface area contributed by atoms with Gasteiger partial charge in [0.2, 0.25) is 0 Å². The van der Waals surface area contributed by atoms with Gasteiger partial charge in [0.1, 0.15) is 0 Å². The number of piperidine rings is 1. The molecule has 2 rings (SSSR count). The van der Waals surface area contributed by atoms with Gasteiger partial charge in [-0.1, -0.05) is 6.92 Å². The molecule has 2 fully saturated rings. The molecule has 98 valence electrons. The molecule has 2 aliphatic heterocycles. The maximum absolute atomic E-state index is 11.9. The van der Waals surface area contributed by atoms with E-state index in [4.69, 9.17) is 0 Å². The zero-order chi connectivity index (χ0) is 12.1. The Morgan fingerprint density at radius 1 is 1.24 bits per heavy atom. The summed E-state index contributed by atoms with van der Waals surface area (Å²) in [6, 6.07) is 0.152. The summed E-state index contributed by atoms with van der Waals surface area (Å²) in [6.07, 6.45) is 4.84. The predicted octanol–water partition coefficient (Wildman–Crippen LogP) is 1.52. The van der Waals surface area contributed by atoms with Crippen molar-refractivity contribution in [3.8, 4) is 0 Å². The summed E-state index contributed by atoms with van der Waals surface area (Å²) >= 11 is 0. The molecule has 2 amide bonds. The Labute approximate surface area is 104 Å². The number of hydrogen-bond donors (Lipinski definition) is 1. The molecule has 0 aromatic carbocycles. The van der Waals surface area contributed by atoms with Crippen molar-refractivity contribution in [1.82, 2.24) is 15.1 Å². The number of carbonyl (C=O) groups is 1. The smallest absolute Gasteiger partial charge is 0.317 e. The zero-order valence-electron chi connectivity index (χ0n) is 11.0. The second-order valence-electron chi connectivity index (χ2n) is 5.28. The minimum Gasteiger partial charge on any atom is -0.338 e. The van der Waals surface area contributed by atoms with Gasteiger partial charge in [-0.05, 0) is 44.7 Å². The van der Waals surface area contributed by atoms with E-state index in [2.05, 4.69) is 17.1 Å². The van der Waals surface area contributed by atoms with Crippen LogP contribution in [0.2, 0.25) is 0 Å². The lowest BCUT2D eigenvalue weighted by molar-refractivity contribution is 0.184. The third kappa shape index (κ3) is 3.60. The SMILES string of the molecule is CCN1CCC(CNC(=O)N2CCCCC2)C1. The zero-order valence-corrected chi connectivity index (χ0v) is 11.0. The Kier molecular flexibility index (Phi) is 4.66. The molecule has 17 heavy (non-hydrogen) atoms. The van der Waals surface area contributed by atoms with E-state index in [1.165, 1.54) is 32.2 Å². The summed E-state index contributed by atoms with van der Waals surface area (Å²) in [7, 11) is 0. The lowest BCUT2D eigenvalue weighted by atomic mass is 10.1. The second-order valence-corrected chi connectivity index (χ2v) is 5.28. The lowest BCUT2D eigenvalue weighted by Gasteiger charge is -2.27. The van der Waals surface area contributed by atoms with Crippen molar-refractivity contribution < 1.29 is 4.79 Å². The molecular formula is C13H25N3O. The van der Waals surface area contributed by atoms with Crippen LogP contribution in [0.1, 0.15) is 32.6 Å². The van der Waals surface area contributed by atoms with E-state index in [-0.39, 0.29) is 6.03 Å². The maximum Gasteiger partial charge on any atom is 0.317 e. The number of amides is 2. The fraction of sp³-hybridized carbons (Fsp3) is 0.923. The molecule has 0 bridgehead atoms. The Morgan fingerprint density at radius 2 is 2.00 bits per heavy atom. The van der Waals surface area contributed by atoms with Crippen molar-refractivity contribution in [3.05, 3.63) is 0 Å². The fourth-order valence-corrected chi connectivity index (χ4v) is 2.81. The van der Waals surface area contributed by atoms with Crippen LogP contribution in [0.15, 0.2) is 0 Å². The monoisotopic (exact) mass is 239 g/mol. The number of nitrogens with one attached hydrogen (secondary N) is 1. The van der Waals surface area contributed by atoms with Crippen LogP contribution < -0.4 is 5.32 Å². The van der Waals surface area contributed by atoms with Gasteiger partial charge in [0, 0.05) is 26.2 Å². The average Bonchev–Trinajstić information content (AvgIpc) is 2.85. The Morgan fingerprint density at radius 3 is 2.65 bits per heavy atom. The molecule has 2 aliphatic rings. The highest BCUT2D eigenvalue weighted by atomic mass is 16.2. The highest BCUT2D eigenvalue weighted by Gasteiger charge is 2.22. The van der Waals surface area contributed by atoms with E-state index in [1.54, 1.807) is 0 Å². The summed E-state index contributed by atoms with van der Waals surface area (Å²) in [5.74, 6) is 0.656. The van der Waals surface area contributed by atoms with Crippen molar-refractivity contribution in [3.63, 3.8) is 0 Å². The summed E-state index contributed by atoms with van der Waals surface area (Å²) in [5, 5.41) is 3.10. The first-order valence-corrected chi connectivity index (χ1v) is 7.04.